The summed E-state index contributed by atoms with van der Waals surface area (Å²) in [5, 5.41) is 0.715. The molecule has 96 valence electrons. The topological polar surface area (TPSA) is 81.3 Å². The van der Waals surface area contributed by atoms with Crippen molar-refractivity contribution in [3.63, 3.8) is 0 Å². The van der Waals surface area contributed by atoms with E-state index in [-0.39, 0.29) is 0 Å². The molecule has 7 heteroatoms. The van der Waals surface area contributed by atoms with Crippen molar-refractivity contribution in [1.82, 2.24) is 9.97 Å². The van der Waals surface area contributed by atoms with E-state index in [0.29, 0.717) is 20.8 Å². The standard InChI is InChI=1S/C11H14N4O2S/c1-4-15(2)9-6-7(12)8(11(16)17-3)18-10(6)14-5-13-9/h5H,4,12H2,1-3H3. The van der Waals surface area contributed by atoms with Crippen LogP contribution in [-0.4, -0.2) is 36.6 Å². The van der Waals surface area contributed by atoms with E-state index >= 15 is 0 Å². The van der Waals surface area contributed by atoms with E-state index in [9.17, 15) is 4.79 Å². The molecule has 2 aromatic heterocycles. The Kier molecular flexibility index (Phi) is 3.33. The highest BCUT2D eigenvalue weighted by molar-refractivity contribution is 7.21. The van der Waals surface area contributed by atoms with Gasteiger partial charge in [-0.1, -0.05) is 0 Å². The minimum Gasteiger partial charge on any atom is -0.465 e. The smallest absolute Gasteiger partial charge is 0.350 e. The normalized spacial score (nSPS) is 10.6. The fraction of sp³-hybridized carbons (Fsp3) is 0.364. The Morgan fingerprint density at radius 3 is 2.89 bits per heavy atom. The molecule has 0 aliphatic rings. The quantitative estimate of drug-likeness (QED) is 0.848. The lowest BCUT2D eigenvalue weighted by molar-refractivity contribution is 0.0607. The number of fused-ring (bicyclic) bond motifs is 1. The Balaban J connectivity index is 2.69. The van der Waals surface area contributed by atoms with Crippen LogP contribution in [0.2, 0.25) is 0 Å². The second kappa shape index (κ2) is 4.77. The predicted molar refractivity (Wildman–Crippen MR) is 72.1 cm³/mol. The summed E-state index contributed by atoms with van der Waals surface area (Å²) in [7, 11) is 3.24. The summed E-state index contributed by atoms with van der Waals surface area (Å²) in [5.74, 6) is 0.284. The summed E-state index contributed by atoms with van der Waals surface area (Å²) in [4.78, 5) is 23.0. The number of nitrogens with zero attached hydrogens (tertiary/aromatic N) is 3. The van der Waals surface area contributed by atoms with Crippen molar-refractivity contribution in [2.24, 2.45) is 0 Å². The van der Waals surface area contributed by atoms with Crippen LogP contribution < -0.4 is 10.6 Å². The Bertz CT molecular complexity index is 596. The SMILES string of the molecule is CCN(C)c1ncnc2sc(C(=O)OC)c(N)c12. The highest BCUT2D eigenvalue weighted by Gasteiger charge is 2.21. The lowest BCUT2D eigenvalue weighted by atomic mass is 10.2. The Morgan fingerprint density at radius 2 is 2.28 bits per heavy atom. The van der Waals surface area contributed by atoms with Gasteiger partial charge in [0.15, 0.2) is 0 Å². The van der Waals surface area contributed by atoms with E-state index < -0.39 is 5.97 Å². The number of hydrogen-bond acceptors (Lipinski definition) is 7. The first-order chi connectivity index (χ1) is 8.60. The van der Waals surface area contributed by atoms with Gasteiger partial charge in [-0.2, -0.15) is 0 Å². The number of methoxy groups -OCH3 is 1. The molecule has 0 fully saturated rings. The minimum atomic E-state index is -0.444. The van der Waals surface area contributed by atoms with E-state index in [4.69, 9.17) is 10.5 Å². The number of aromatic nitrogens is 2. The van der Waals surface area contributed by atoms with E-state index in [0.717, 1.165) is 12.4 Å². The van der Waals surface area contributed by atoms with Gasteiger partial charge in [0.1, 0.15) is 21.9 Å². The first-order valence-electron chi connectivity index (χ1n) is 5.42. The second-order valence-corrected chi connectivity index (χ2v) is 4.73. The Labute approximate surface area is 108 Å². The van der Waals surface area contributed by atoms with Crippen LogP contribution in [0.25, 0.3) is 10.2 Å². The van der Waals surface area contributed by atoms with E-state index in [1.54, 1.807) is 0 Å². The number of nitrogens with two attached hydrogens (primary N) is 1. The molecular formula is C11H14N4O2S. The lowest BCUT2D eigenvalue weighted by Crippen LogP contribution is -2.17. The largest absolute Gasteiger partial charge is 0.465 e. The Hall–Kier alpha value is -1.89. The fourth-order valence-electron chi connectivity index (χ4n) is 1.62. The third-order valence-electron chi connectivity index (χ3n) is 2.71. The second-order valence-electron chi connectivity index (χ2n) is 3.73. The molecule has 0 aliphatic carbocycles. The summed E-state index contributed by atoms with van der Waals surface area (Å²) in [6.07, 6.45) is 1.47. The van der Waals surface area contributed by atoms with E-state index in [2.05, 4.69) is 9.97 Å². The van der Waals surface area contributed by atoms with Gasteiger partial charge in [-0.15, -0.1) is 11.3 Å². The summed E-state index contributed by atoms with van der Waals surface area (Å²) in [5.41, 5.74) is 6.40. The lowest BCUT2D eigenvalue weighted by Gasteiger charge is -2.16. The van der Waals surface area contributed by atoms with Crippen molar-refractivity contribution in [2.75, 3.05) is 31.3 Å². The van der Waals surface area contributed by atoms with E-state index in [1.807, 2.05) is 18.9 Å². The number of ether oxygens (including phenoxy) is 1. The van der Waals surface area contributed by atoms with Gasteiger partial charge >= 0.3 is 5.97 Å². The molecule has 0 amide bonds. The molecule has 6 nitrogen and oxygen atoms in total. The first-order valence-corrected chi connectivity index (χ1v) is 6.24. The van der Waals surface area contributed by atoms with Crippen LogP contribution >= 0.6 is 11.3 Å². The molecule has 0 saturated carbocycles. The predicted octanol–water partition coefficient (Wildman–Crippen LogP) is 1.52. The number of carbonyl (C=O) groups is 1. The Morgan fingerprint density at radius 1 is 1.56 bits per heavy atom. The summed E-state index contributed by atoms with van der Waals surface area (Å²) < 4.78 is 4.70. The summed E-state index contributed by atoms with van der Waals surface area (Å²) in [6.45, 7) is 2.80. The maximum Gasteiger partial charge on any atom is 0.350 e. The molecule has 0 bridgehead atoms. The monoisotopic (exact) mass is 266 g/mol. The highest BCUT2D eigenvalue weighted by Crippen LogP contribution is 2.37. The van der Waals surface area contributed by atoms with Crippen LogP contribution in [0, 0.1) is 0 Å². The third kappa shape index (κ3) is 1.86. The van der Waals surface area contributed by atoms with Gasteiger partial charge in [-0.25, -0.2) is 14.8 Å². The highest BCUT2D eigenvalue weighted by atomic mass is 32.1. The number of hydrogen-bond donors (Lipinski definition) is 1. The van der Waals surface area contributed by atoms with Crippen LogP contribution in [0.3, 0.4) is 0 Å². The molecular weight excluding hydrogens is 252 g/mol. The maximum atomic E-state index is 11.6. The van der Waals surface area contributed by atoms with Crippen LogP contribution in [0.1, 0.15) is 16.6 Å². The van der Waals surface area contributed by atoms with Gasteiger partial charge in [0.2, 0.25) is 0 Å². The van der Waals surface area contributed by atoms with Gasteiger partial charge in [0.25, 0.3) is 0 Å². The van der Waals surface area contributed by atoms with Gasteiger partial charge < -0.3 is 15.4 Å². The van der Waals surface area contributed by atoms with Crippen molar-refractivity contribution in [3.8, 4) is 0 Å². The average Bonchev–Trinajstić information content (AvgIpc) is 2.74. The molecule has 2 rings (SSSR count). The van der Waals surface area contributed by atoms with Gasteiger partial charge in [-0.05, 0) is 6.92 Å². The van der Waals surface area contributed by atoms with Crippen molar-refractivity contribution in [2.45, 2.75) is 6.92 Å². The van der Waals surface area contributed by atoms with Crippen molar-refractivity contribution in [1.29, 1.82) is 0 Å². The fourth-order valence-corrected chi connectivity index (χ4v) is 2.60. The zero-order chi connectivity index (χ0) is 13.3. The molecule has 0 radical (unpaired) electrons. The van der Waals surface area contributed by atoms with Crippen LogP contribution in [0.15, 0.2) is 6.33 Å². The maximum absolute atomic E-state index is 11.6. The molecule has 2 heterocycles. The number of carbonyl (C=O) groups excluding carboxylic acids is 1. The van der Waals surface area contributed by atoms with Crippen LogP contribution in [-0.2, 0) is 4.74 Å². The average molecular weight is 266 g/mol. The number of thiophene rings is 1. The summed E-state index contributed by atoms with van der Waals surface area (Å²) >= 11 is 1.22. The molecule has 0 aromatic carbocycles. The van der Waals surface area contributed by atoms with E-state index in [1.165, 1.54) is 24.8 Å². The number of rotatable bonds is 3. The molecule has 0 atom stereocenters. The van der Waals surface area contributed by atoms with Crippen molar-refractivity contribution in [3.05, 3.63) is 11.2 Å². The van der Waals surface area contributed by atoms with Crippen LogP contribution in [0.5, 0.6) is 0 Å². The summed E-state index contributed by atoms with van der Waals surface area (Å²) in [6, 6.07) is 0. The van der Waals surface area contributed by atoms with Crippen LogP contribution in [0.4, 0.5) is 11.5 Å². The molecule has 0 spiro atoms. The van der Waals surface area contributed by atoms with Gasteiger partial charge in [0, 0.05) is 13.6 Å². The van der Waals surface area contributed by atoms with Gasteiger partial charge in [0.05, 0.1) is 18.2 Å². The number of anilines is 2. The van der Waals surface area contributed by atoms with Crippen molar-refractivity contribution >= 4 is 39.0 Å². The molecule has 2 N–H and O–H groups in total. The molecule has 0 aliphatic heterocycles. The number of esters is 1. The zero-order valence-corrected chi connectivity index (χ0v) is 11.2. The zero-order valence-electron chi connectivity index (χ0n) is 10.4. The van der Waals surface area contributed by atoms with Gasteiger partial charge in [-0.3, -0.25) is 0 Å². The third-order valence-corrected chi connectivity index (χ3v) is 3.81. The molecule has 0 unspecified atom stereocenters. The molecule has 2 aromatic rings. The minimum absolute atomic E-state index is 0.374. The first kappa shape index (κ1) is 12.6. The number of nitrogen functional groups attached to an aromatic ring is 1. The molecule has 18 heavy (non-hydrogen) atoms. The molecule has 0 saturated heterocycles. The van der Waals surface area contributed by atoms with Crippen molar-refractivity contribution < 1.29 is 9.53 Å².